The summed E-state index contributed by atoms with van der Waals surface area (Å²) in [7, 11) is -0.749. The lowest BCUT2D eigenvalue weighted by Crippen LogP contribution is -2.22. The van der Waals surface area contributed by atoms with Crippen molar-refractivity contribution < 1.29 is 32.2 Å². The molecule has 3 rings (SSSR count). The standard InChI is InChI=1S/C18H17NO7S/c1-19(2)27(22,23)14-6-3-12(4-7-14)18(21)24-10-15(20)13-5-8-16-17(9-13)26-11-25-16/h3-9H,10-11H2,1-2H3. The molecule has 2 aromatic rings. The number of ketones is 1. The van der Waals surface area contributed by atoms with Gasteiger partial charge in [0, 0.05) is 19.7 Å². The Morgan fingerprint density at radius 1 is 1.00 bits per heavy atom. The number of Topliss-reactive ketones (excluding diaryl/α,β-unsaturated/α-hetero) is 1. The molecule has 1 heterocycles. The zero-order valence-electron chi connectivity index (χ0n) is 14.7. The van der Waals surface area contributed by atoms with Crippen LogP contribution in [0.5, 0.6) is 11.5 Å². The monoisotopic (exact) mass is 391 g/mol. The number of carbonyl (C=O) groups excluding carboxylic acids is 2. The fourth-order valence-corrected chi connectivity index (χ4v) is 3.24. The van der Waals surface area contributed by atoms with E-state index in [1.165, 1.54) is 44.4 Å². The molecule has 0 fully saturated rings. The summed E-state index contributed by atoms with van der Waals surface area (Å²) in [6, 6.07) is 10.00. The van der Waals surface area contributed by atoms with E-state index in [0.717, 1.165) is 4.31 Å². The number of sulfonamides is 1. The normalized spacial score (nSPS) is 12.9. The maximum Gasteiger partial charge on any atom is 0.338 e. The van der Waals surface area contributed by atoms with E-state index in [0.29, 0.717) is 17.1 Å². The van der Waals surface area contributed by atoms with Crippen LogP contribution in [0, 0.1) is 0 Å². The fourth-order valence-electron chi connectivity index (χ4n) is 2.34. The van der Waals surface area contributed by atoms with Crippen LogP contribution in [0.1, 0.15) is 20.7 Å². The molecule has 1 aliphatic rings. The number of benzene rings is 2. The van der Waals surface area contributed by atoms with Crippen LogP contribution in [0.4, 0.5) is 0 Å². The molecule has 0 aliphatic carbocycles. The third-order valence-corrected chi connectivity index (χ3v) is 5.73. The molecular formula is C18H17NO7S. The largest absolute Gasteiger partial charge is 0.454 e. The van der Waals surface area contributed by atoms with E-state index >= 15 is 0 Å². The zero-order valence-corrected chi connectivity index (χ0v) is 15.5. The van der Waals surface area contributed by atoms with Crippen molar-refractivity contribution >= 4 is 21.8 Å². The van der Waals surface area contributed by atoms with Crippen LogP contribution in [-0.2, 0) is 14.8 Å². The first-order chi connectivity index (χ1) is 12.8. The van der Waals surface area contributed by atoms with Crippen LogP contribution in [0.2, 0.25) is 0 Å². The number of esters is 1. The van der Waals surface area contributed by atoms with Crippen LogP contribution in [-0.4, -0.2) is 52.0 Å². The van der Waals surface area contributed by atoms with Gasteiger partial charge in [-0.25, -0.2) is 17.5 Å². The van der Waals surface area contributed by atoms with Gasteiger partial charge in [0.1, 0.15) is 0 Å². The molecule has 142 valence electrons. The predicted molar refractivity (Wildman–Crippen MR) is 94.5 cm³/mol. The molecule has 27 heavy (non-hydrogen) atoms. The molecule has 0 amide bonds. The van der Waals surface area contributed by atoms with Gasteiger partial charge in [0.2, 0.25) is 16.8 Å². The summed E-state index contributed by atoms with van der Waals surface area (Å²) in [6.07, 6.45) is 0. The van der Waals surface area contributed by atoms with Crippen LogP contribution in [0.15, 0.2) is 47.4 Å². The van der Waals surface area contributed by atoms with Crippen molar-refractivity contribution in [1.82, 2.24) is 4.31 Å². The van der Waals surface area contributed by atoms with Gasteiger partial charge in [-0.1, -0.05) is 0 Å². The molecular weight excluding hydrogens is 374 g/mol. The minimum Gasteiger partial charge on any atom is -0.454 e. The molecule has 0 saturated carbocycles. The topological polar surface area (TPSA) is 99.2 Å². The molecule has 0 N–H and O–H groups in total. The second kappa shape index (κ2) is 7.37. The van der Waals surface area contributed by atoms with Gasteiger partial charge in [0.25, 0.3) is 0 Å². The Hall–Kier alpha value is -2.91. The second-order valence-corrected chi connectivity index (χ2v) is 8.03. The van der Waals surface area contributed by atoms with Crippen molar-refractivity contribution in [2.24, 2.45) is 0 Å². The van der Waals surface area contributed by atoms with Crippen LogP contribution >= 0.6 is 0 Å². The van der Waals surface area contributed by atoms with Crippen LogP contribution in [0.25, 0.3) is 0 Å². The Kier molecular flexibility index (Phi) is 5.15. The number of hydrogen-bond acceptors (Lipinski definition) is 7. The number of rotatable bonds is 6. The average molecular weight is 391 g/mol. The third kappa shape index (κ3) is 3.93. The highest BCUT2D eigenvalue weighted by Crippen LogP contribution is 2.32. The SMILES string of the molecule is CN(C)S(=O)(=O)c1ccc(C(=O)OCC(=O)c2ccc3c(c2)OCO3)cc1. The highest BCUT2D eigenvalue weighted by molar-refractivity contribution is 7.89. The van der Waals surface area contributed by atoms with Gasteiger partial charge in [0.05, 0.1) is 10.5 Å². The lowest BCUT2D eigenvalue weighted by Gasteiger charge is -2.11. The number of carbonyl (C=O) groups is 2. The summed E-state index contributed by atoms with van der Waals surface area (Å²) >= 11 is 0. The fraction of sp³-hybridized carbons (Fsp3) is 0.222. The van der Waals surface area contributed by atoms with E-state index < -0.39 is 28.4 Å². The average Bonchev–Trinajstić information content (AvgIpc) is 3.13. The minimum absolute atomic E-state index is 0.0560. The zero-order chi connectivity index (χ0) is 19.6. The molecule has 0 saturated heterocycles. The first-order valence-electron chi connectivity index (χ1n) is 7.91. The first kappa shape index (κ1) is 18.9. The number of fused-ring (bicyclic) bond motifs is 1. The van der Waals surface area contributed by atoms with E-state index in [2.05, 4.69) is 0 Å². The van der Waals surface area contributed by atoms with Gasteiger partial charge >= 0.3 is 5.97 Å². The van der Waals surface area contributed by atoms with E-state index in [9.17, 15) is 18.0 Å². The van der Waals surface area contributed by atoms with Crippen molar-refractivity contribution in [3.8, 4) is 11.5 Å². The summed E-state index contributed by atoms with van der Waals surface area (Å²) in [5.41, 5.74) is 0.477. The molecule has 0 bridgehead atoms. The molecule has 0 aromatic heterocycles. The summed E-state index contributed by atoms with van der Waals surface area (Å²) in [5.74, 6) is -0.104. The molecule has 8 nitrogen and oxygen atoms in total. The molecule has 1 aliphatic heterocycles. The maximum atomic E-state index is 12.2. The summed E-state index contributed by atoms with van der Waals surface area (Å²) in [6.45, 7) is -0.349. The van der Waals surface area contributed by atoms with E-state index in [1.807, 2.05) is 0 Å². The maximum absolute atomic E-state index is 12.2. The molecule has 0 spiro atoms. The summed E-state index contributed by atoms with van der Waals surface area (Å²) in [4.78, 5) is 24.3. The van der Waals surface area contributed by atoms with Crippen LogP contribution < -0.4 is 9.47 Å². The lowest BCUT2D eigenvalue weighted by molar-refractivity contribution is 0.0474. The number of hydrogen-bond donors (Lipinski definition) is 0. The molecule has 2 aromatic carbocycles. The Morgan fingerprint density at radius 2 is 1.63 bits per heavy atom. The van der Waals surface area contributed by atoms with Crippen molar-refractivity contribution in [2.45, 2.75) is 4.90 Å². The van der Waals surface area contributed by atoms with E-state index in [4.69, 9.17) is 14.2 Å². The Morgan fingerprint density at radius 3 is 2.30 bits per heavy atom. The second-order valence-electron chi connectivity index (χ2n) is 5.88. The van der Waals surface area contributed by atoms with Crippen molar-refractivity contribution in [3.05, 3.63) is 53.6 Å². The van der Waals surface area contributed by atoms with Crippen molar-refractivity contribution in [2.75, 3.05) is 27.5 Å². The lowest BCUT2D eigenvalue weighted by atomic mass is 10.1. The number of nitrogens with zero attached hydrogens (tertiary/aromatic N) is 1. The summed E-state index contributed by atoms with van der Waals surface area (Å²) < 4.78 is 40.5. The van der Waals surface area contributed by atoms with Gasteiger partial charge in [-0.15, -0.1) is 0 Å². The smallest absolute Gasteiger partial charge is 0.338 e. The predicted octanol–water partition coefficient (Wildman–Crippen LogP) is 1.71. The Bertz CT molecular complexity index is 981. The third-order valence-electron chi connectivity index (χ3n) is 3.90. The molecule has 0 radical (unpaired) electrons. The van der Waals surface area contributed by atoms with Gasteiger partial charge < -0.3 is 14.2 Å². The highest BCUT2D eigenvalue weighted by atomic mass is 32.2. The van der Waals surface area contributed by atoms with Crippen LogP contribution in [0.3, 0.4) is 0 Å². The van der Waals surface area contributed by atoms with E-state index in [-0.39, 0.29) is 17.3 Å². The van der Waals surface area contributed by atoms with Gasteiger partial charge in [-0.3, -0.25) is 4.79 Å². The molecule has 0 atom stereocenters. The van der Waals surface area contributed by atoms with Gasteiger partial charge in [0.15, 0.2) is 23.9 Å². The Labute approximate surface area is 156 Å². The Balaban J connectivity index is 1.63. The van der Waals surface area contributed by atoms with Gasteiger partial charge in [-0.2, -0.15) is 0 Å². The summed E-state index contributed by atoms with van der Waals surface area (Å²) in [5, 5.41) is 0. The minimum atomic E-state index is -3.58. The first-order valence-corrected chi connectivity index (χ1v) is 9.35. The van der Waals surface area contributed by atoms with Crippen molar-refractivity contribution in [1.29, 1.82) is 0 Å². The molecule has 0 unspecified atom stereocenters. The van der Waals surface area contributed by atoms with E-state index in [1.54, 1.807) is 12.1 Å². The molecule has 9 heteroatoms. The highest BCUT2D eigenvalue weighted by Gasteiger charge is 2.19. The van der Waals surface area contributed by atoms with Gasteiger partial charge in [-0.05, 0) is 42.5 Å². The quantitative estimate of drug-likeness (QED) is 0.546. The van der Waals surface area contributed by atoms with Crippen molar-refractivity contribution in [3.63, 3.8) is 0 Å². The number of ether oxygens (including phenoxy) is 3.